The number of aliphatic hydroxyl groups is 1. The van der Waals surface area contributed by atoms with E-state index in [9.17, 15) is 14.7 Å². The van der Waals surface area contributed by atoms with Gasteiger partial charge in [0, 0.05) is 32.0 Å². The molecule has 4 atom stereocenters. The standard InChI is InChI=1S/C26H43N3O5/c1-6-7-12-28-25(32)18(2)13-22(30)20(27)14-26(3,4)15-24(31)29-16-19(17-33-5)34-23-11-9-8-10-21(23)29/h8-11,18-20,22,30H,6-7,12-17,27H2,1-5H3,(H,28,32)/t18-,19?,20+,22+/m1/s1. The molecule has 8 nitrogen and oxygen atoms in total. The van der Waals surface area contributed by atoms with Crippen LogP contribution >= 0.6 is 0 Å². The Labute approximate surface area is 204 Å². The third kappa shape index (κ3) is 8.25. The monoisotopic (exact) mass is 477 g/mol. The summed E-state index contributed by atoms with van der Waals surface area (Å²) < 4.78 is 11.2. The lowest BCUT2D eigenvalue weighted by atomic mass is 9.80. The summed E-state index contributed by atoms with van der Waals surface area (Å²) in [6.45, 7) is 9.29. The summed E-state index contributed by atoms with van der Waals surface area (Å²) in [5.41, 5.74) is 6.64. The summed E-state index contributed by atoms with van der Waals surface area (Å²) in [6.07, 6.45) is 1.91. The first-order valence-electron chi connectivity index (χ1n) is 12.3. The Balaban J connectivity index is 1.95. The quantitative estimate of drug-likeness (QED) is 0.377. The number of unbranched alkanes of at least 4 members (excludes halogenated alkanes) is 1. The fraction of sp³-hybridized carbons (Fsp3) is 0.692. The van der Waals surface area contributed by atoms with E-state index in [0.29, 0.717) is 38.3 Å². The lowest BCUT2D eigenvalue weighted by Crippen LogP contribution is -2.47. The van der Waals surface area contributed by atoms with Crippen molar-refractivity contribution >= 4 is 17.5 Å². The highest BCUT2D eigenvalue weighted by molar-refractivity contribution is 5.95. The number of methoxy groups -OCH3 is 1. The van der Waals surface area contributed by atoms with Crippen LogP contribution in [0.4, 0.5) is 5.69 Å². The number of nitrogens with one attached hydrogen (secondary N) is 1. The van der Waals surface area contributed by atoms with Crippen LogP contribution in [-0.2, 0) is 14.3 Å². The fourth-order valence-corrected chi connectivity index (χ4v) is 4.37. The van der Waals surface area contributed by atoms with Crippen molar-refractivity contribution in [2.75, 3.05) is 31.7 Å². The summed E-state index contributed by atoms with van der Waals surface area (Å²) in [7, 11) is 1.61. The van der Waals surface area contributed by atoms with Crippen LogP contribution in [0.25, 0.3) is 0 Å². The number of carbonyl (C=O) groups excluding carboxylic acids is 2. The van der Waals surface area contributed by atoms with Gasteiger partial charge in [0.1, 0.15) is 11.9 Å². The Kier molecular flexibility index (Phi) is 10.8. The number of nitrogens with zero attached hydrogens (tertiary/aromatic N) is 1. The van der Waals surface area contributed by atoms with E-state index in [1.165, 1.54) is 0 Å². The number of rotatable bonds is 13. The minimum atomic E-state index is -0.823. The predicted octanol–water partition coefficient (Wildman–Crippen LogP) is 2.86. The smallest absolute Gasteiger partial charge is 0.227 e. The Morgan fingerprint density at radius 3 is 2.74 bits per heavy atom. The molecule has 0 saturated heterocycles. The number of hydrogen-bond acceptors (Lipinski definition) is 6. The van der Waals surface area contributed by atoms with Crippen LogP contribution in [0.2, 0.25) is 0 Å². The largest absolute Gasteiger partial charge is 0.484 e. The molecule has 1 aromatic rings. The lowest BCUT2D eigenvalue weighted by Gasteiger charge is -2.37. The second kappa shape index (κ2) is 13.1. The van der Waals surface area contributed by atoms with E-state index in [1.54, 1.807) is 18.9 Å². The van der Waals surface area contributed by atoms with Crippen LogP contribution in [0, 0.1) is 11.3 Å². The molecule has 0 saturated carbocycles. The minimum Gasteiger partial charge on any atom is -0.484 e. The zero-order valence-corrected chi connectivity index (χ0v) is 21.4. The summed E-state index contributed by atoms with van der Waals surface area (Å²) >= 11 is 0. The van der Waals surface area contributed by atoms with Gasteiger partial charge in [0.2, 0.25) is 11.8 Å². The van der Waals surface area contributed by atoms with Gasteiger partial charge in [0.15, 0.2) is 0 Å². The van der Waals surface area contributed by atoms with E-state index >= 15 is 0 Å². The van der Waals surface area contributed by atoms with E-state index < -0.39 is 17.6 Å². The highest BCUT2D eigenvalue weighted by atomic mass is 16.5. The summed E-state index contributed by atoms with van der Waals surface area (Å²) in [5.74, 6) is 0.253. The third-order valence-corrected chi connectivity index (χ3v) is 6.27. The molecule has 1 aliphatic rings. The van der Waals surface area contributed by atoms with Gasteiger partial charge in [0.05, 0.1) is 24.9 Å². The molecule has 0 aliphatic carbocycles. The van der Waals surface area contributed by atoms with Crippen LogP contribution < -0.4 is 20.7 Å². The lowest BCUT2D eigenvalue weighted by molar-refractivity contribution is -0.125. The maximum atomic E-state index is 13.3. The Morgan fingerprint density at radius 1 is 1.35 bits per heavy atom. The molecule has 1 aromatic carbocycles. The van der Waals surface area contributed by atoms with E-state index in [2.05, 4.69) is 12.2 Å². The van der Waals surface area contributed by atoms with Crippen molar-refractivity contribution in [1.82, 2.24) is 5.32 Å². The summed E-state index contributed by atoms with van der Waals surface area (Å²) in [4.78, 5) is 27.3. The van der Waals surface area contributed by atoms with E-state index in [1.807, 2.05) is 38.1 Å². The summed E-state index contributed by atoms with van der Waals surface area (Å²) in [6, 6.07) is 6.97. The van der Waals surface area contributed by atoms with Gasteiger partial charge >= 0.3 is 0 Å². The molecule has 1 heterocycles. The maximum Gasteiger partial charge on any atom is 0.227 e. The van der Waals surface area contributed by atoms with Gasteiger partial charge in [0.25, 0.3) is 0 Å². The van der Waals surface area contributed by atoms with Crippen molar-refractivity contribution in [3.63, 3.8) is 0 Å². The molecule has 0 bridgehead atoms. The number of fused-ring (bicyclic) bond motifs is 1. The normalized spacial score (nSPS) is 18.4. The Morgan fingerprint density at radius 2 is 2.06 bits per heavy atom. The molecule has 0 aromatic heterocycles. The maximum absolute atomic E-state index is 13.3. The van der Waals surface area contributed by atoms with Crippen LogP contribution in [-0.4, -0.2) is 62.0 Å². The number of ether oxygens (including phenoxy) is 2. The number of nitrogens with two attached hydrogens (primary N) is 1. The van der Waals surface area contributed by atoms with E-state index in [4.69, 9.17) is 15.2 Å². The van der Waals surface area contributed by atoms with Gasteiger partial charge in [-0.2, -0.15) is 0 Å². The van der Waals surface area contributed by atoms with Crippen molar-refractivity contribution in [2.24, 2.45) is 17.1 Å². The second-order valence-corrected chi connectivity index (χ2v) is 10.2. The van der Waals surface area contributed by atoms with Crippen molar-refractivity contribution in [2.45, 2.75) is 78.0 Å². The zero-order chi connectivity index (χ0) is 25.3. The van der Waals surface area contributed by atoms with Crippen LogP contribution in [0.5, 0.6) is 5.75 Å². The SMILES string of the molecule is CCCCNC(=O)[C@H](C)C[C@H](O)[C@@H](N)CC(C)(C)CC(=O)N1CC(COC)Oc2ccccc21. The van der Waals surface area contributed by atoms with Gasteiger partial charge in [-0.25, -0.2) is 0 Å². The molecule has 34 heavy (non-hydrogen) atoms. The average molecular weight is 478 g/mol. The topological polar surface area (TPSA) is 114 Å². The number of benzene rings is 1. The van der Waals surface area contributed by atoms with Gasteiger partial charge < -0.3 is 30.5 Å². The molecule has 0 radical (unpaired) electrons. The molecule has 0 spiro atoms. The van der Waals surface area contributed by atoms with Crippen molar-refractivity contribution in [3.8, 4) is 5.75 Å². The minimum absolute atomic E-state index is 0.0211. The second-order valence-electron chi connectivity index (χ2n) is 10.2. The Hall–Kier alpha value is -2.16. The van der Waals surface area contributed by atoms with Crippen molar-refractivity contribution in [1.29, 1.82) is 0 Å². The number of amides is 2. The average Bonchev–Trinajstić information content (AvgIpc) is 2.78. The molecule has 1 unspecified atom stereocenters. The van der Waals surface area contributed by atoms with Gasteiger partial charge in [-0.1, -0.05) is 46.2 Å². The molecular weight excluding hydrogens is 434 g/mol. The van der Waals surface area contributed by atoms with E-state index in [-0.39, 0.29) is 30.3 Å². The molecule has 8 heteroatoms. The van der Waals surface area contributed by atoms with Gasteiger partial charge in [-0.15, -0.1) is 0 Å². The molecule has 4 N–H and O–H groups in total. The zero-order valence-electron chi connectivity index (χ0n) is 21.4. The van der Waals surface area contributed by atoms with Gasteiger partial charge in [-0.05, 0) is 36.8 Å². The predicted molar refractivity (Wildman–Crippen MR) is 134 cm³/mol. The molecule has 192 valence electrons. The van der Waals surface area contributed by atoms with Crippen LogP contribution in [0.1, 0.15) is 59.8 Å². The highest BCUT2D eigenvalue weighted by Crippen LogP contribution is 2.36. The molecule has 2 rings (SSSR count). The number of para-hydroxylation sites is 2. The fourth-order valence-electron chi connectivity index (χ4n) is 4.37. The van der Waals surface area contributed by atoms with Crippen molar-refractivity contribution < 1.29 is 24.2 Å². The number of carbonyl (C=O) groups is 2. The first kappa shape index (κ1) is 28.1. The first-order valence-corrected chi connectivity index (χ1v) is 12.3. The van der Waals surface area contributed by atoms with E-state index in [0.717, 1.165) is 18.5 Å². The number of hydrogen-bond donors (Lipinski definition) is 3. The number of aliphatic hydroxyl groups excluding tert-OH is 1. The molecule has 1 aliphatic heterocycles. The Bertz CT molecular complexity index is 800. The number of anilines is 1. The van der Waals surface area contributed by atoms with Crippen molar-refractivity contribution in [3.05, 3.63) is 24.3 Å². The van der Waals surface area contributed by atoms with Crippen LogP contribution in [0.3, 0.4) is 0 Å². The van der Waals surface area contributed by atoms with Gasteiger partial charge in [-0.3, -0.25) is 9.59 Å². The first-order chi connectivity index (χ1) is 16.1. The summed E-state index contributed by atoms with van der Waals surface area (Å²) in [5, 5.41) is 13.5. The highest BCUT2D eigenvalue weighted by Gasteiger charge is 2.34. The molecule has 2 amide bonds. The molecule has 0 fully saturated rings. The van der Waals surface area contributed by atoms with Crippen LogP contribution in [0.15, 0.2) is 24.3 Å². The molecular formula is C26H43N3O5. The third-order valence-electron chi connectivity index (χ3n) is 6.27.